The third-order valence-corrected chi connectivity index (χ3v) is 5.59. The number of alkyl halides is 6. The van der Waals surface area contributed by atoms with Gasteiger partial charge in [0.15, 0.2) is 0 Å². The number of amides is 1. The van der Waals surface area contributed by atoms with E-state index in [9.17, 15) is 35.5 Å². The first-order valence-electron chi connectivity index (χ1n) is 11.0. The van der Waals surface area contributed by atoms with Gasteiger partial charge in [0.25, 0.3) is 5.91 Å². The Bertz CT molecular complexity index is 1370. The topological polar surface area (TPSA) is 67.3 Å². The molecule has 4 rings (SSSR count). The monoisotopic (exact) mass is 540 g/mol. The molecule has 1 aliphatic heterocycles. The van der Waals surface area contributed by atoms with Gasteiger partial charge >= 0.3 is 12.5 Å². The average Bonchev–Trinajstić information content (AvgIpc) is 3.13. The van der Waals surface area contributed by atoms with Gasteiger partial charge in [-0.2, -0.15) is 13.2 Å². The molecule has 0 fully saturated rings. The molecule has 200 valence electrons. The SMILES string of the molecule is CC(C)(NC1=CC(c2cccc(F)c2)N(c2ccc(OC(F)(F)F)cc2)C1=O)c1ccnc(C(F)(F)F)n1. The van der Waals surface area contributed by atoms with Gasteiger partial charge in [0.1, 0.15) is 11.6 Å². The van der Waals surface area contributed by atoms with Crippen LogP contribution < -0.4 is 15.0 Å². The predicted molar refractivity (Wildman–Crippen MR) is 121 cm³/mol. The maximum atomic E-state index is 14.0. The van der Waals surface area contributed by atoms with Crippen molar-refractivity contribution in [1.29, 1.82) is 0 Å². The van der Waals surface area contributed by atoms with Crippen molar-refractivity contribution in [2.45, 2.75) is 38.0 Å². The number of benzene rings is 2. The fourth-order valence-electron chi connectivity index (χ4n) is 3.92. The largest absolute Gasteiger partial charge is 0.573 e. The maximum Gasteiger partial charge on any atom is 0.573 e. The van der Waals surface area contributed by atoms with Crippen molar-refractivity contribution in [1.82, 2.24) is 15.3 Å². The van der Waals surface area contributed by atoms with E-state index in [0.29, 0.717) is 5.56 Å². The summed E-state index contributed by atoms with van der Waals surface area (Å²) >= 11 is 0. The third kappa shape index (κ3) is 5.87. The Labute approximate surface area is 211 Å². The van der Waals surface area contributed by atoms with Crippen LogP contribution in [0.4, 0.5) is 36.4 Å². The lowest BCUT2D eigenvalue weighted by molar-refractivity contribution is -0.274. The lowest BCUT2D eigenvalue weighted by atomic mass is 9.99. The minimum Gasteiger partial charge on any atom is -0.406 e. The molecule has 38 heavy (non-hydrogen) atoms. The minimum atomic E-state index is -4.91. The average molecular weight is 540 g/mol. The van der Waals surface area contributed by atoms with Crippen LogP contribution in [-0.4, -0.2) is 22.2 Å². The van der Waals surface area contributed by atoms with E-state index in [1.807, 2.05) is 0 Å². The van der Waals surface area contributed by atoms with Crippen LogP contribution in [0.1, 0.15) is 37.0 Å². The van der Waals surface area contributed by atoms with Crippen molar-refractivity contribution in [2.24, 2.45) is 0 Å². The lowest BCUT2D eigenvalue weighted by Crippen LogP contribution is -2.41. The van der Waals surface area contributed by atoms with Gasteiger partial charge in [-0.1, -0.05) is 12.1 Å². The molecule has 2 aromatic carbocycles. The summed E-state index contributed by atoms with van der Waals surface area (Å²) in [6.45, 7) is 3.01. The molecule has 0 saturated heterocycles. The number of rotatable bonds is 6. The molecular formula is C25H19F7N4O2. The van der Waals surface area contributed by atoms with Crippen LogP contribution in [0.2, 0.25) is 0 Å². The van der Waals surface area contributed by atoms with Gasteiger partial charge in [-0.25, -0.2) is 14.4 Å². The minimum absolute atomic E-state index is 0.0351. The van der Waals surface area contributed by atoms with Crippen molar-refractivity contribution in [2.75, 3.05) is 4.90 Å². The Balaban J connectivity index is 1.69. The highest BCUT2D eigenvalue weighted by molar-refractivity contribution is 6.09. The number of nitrogens with zero attached hydrogens (tertiary/aromatic N) is 3. The van der Waals surface area contributed by atoms with Crippen molar-refractivity contribution in [3.8, 4) is 5.75 Å². The third-order valence-electron chi connectivity index (χ3n) is 5.59. The molecule has 1 atom stereocenters. The molecular weight excluding hydrogens is 521 g/mol. The zero-order valence-corrected chi connectivity index (χ0v) is 19.7. The number of halogens is 7. The highest BCUT2D eigenvalue weighted by Crippen LogP contribution is 2.38. The van der Waals surface area contributed by atoms with Gasteiger partial charge in [-0.3, -0.25) is 9.69 Å². The van der Waals surface area contributed by atoms with Crippen molar-refractivity contribution in [3.05, 3.63) is 95.5 Å². The van der Waals surface area contributed by atoms with E-state index in [0.717, 1.165) is 18.3 Å². The normalized spacial score (nSPS) is 16.4. The van der Waals surface area contributed by atoms with Gasteiger partial charge in [0.2, 0.25) is 5.82 Å². The van der Waals surface area contributed by atoms with Crippen LogP contribution in [0, 0.1) is 5.82 Å². The Hall–Kier alpha value is -4.16. The van der Waals surface area contributed by atoms with E-state index in [1.54, 1.807) is 6.07 Å². The zero-order valence-electron chi connectivity index (χ0n) is 19.7. The van der Waals surface area contributed by atoms with Crippen LogP contribution in [0.25, 0.3) is 0 Å². The molecule has 1 aromatic heterocycles. The molecule has 0 bridgehead atoms. The van der Waals surface area contributed by atoms with Gasteiger partial charge in [-0.15, -0.1) is 13.2 Å². The van der Waals surface area contributed by atoms with Crippen LogP contribution in [-0.2, 0) is 16.5 Å². The molecule has 6 nitrogen and oxygen atoms in total. The summed E-state index contributed by atoms with van der Waals surface area (Å²) in [6, 6.07) is 10.3. The Kier molecular flexibility index (Phi) is 6.80. The van der Waals surface area contributed by atoms with E-state index in [1.165, 1.54) is 61.2 Å². The first kappa shape index (κ1) is 26.9. The predicted octanol–water partition coefficient (Wildman–Crippen LogP) is 6.03. The van der Waals surface area contributed by atoms with E-state index in [-0.39, 0.29) is 17.1 Å². The van der Waals surface area contributed by atoms with Gasteiger partial charge < -0.3 is 10.1 Å². The summed E-state index contributed by atoms with van der Waals surface area (Å²) in [6.07, 6.45) is -7.29. The zero-order chi connectivity index (χ0) is 27.9. The summed E-state index contributed by atoms with van der Waals surface area (Å²) in [5, 5.41) is 2.90. The Morgan fingerprint density at radius 1 is 0.974 bits per heavy atom. The number of hydrogen-bond acceptors (Lipinski definition) is 5. The smallest absolute Gasteiger partial charge is 0.406 e. The van der Waals surface area contributed by atoms with Gasteiger partial charge in [0.05, 0.1) is 23.0 Å². The van der Waals surface area contributed by atoms with Crippen molar-refractivity contribution < 1.29 is 40.3 Å². The lowest BCUT2D eigenvalue weighted by Gasteiger charge is -2.29. The molecule has 2 heterocycles. The number of aromatic nitrogens is 2. The molecule has 3 aromatic rings. The first-order chi connectivity index (χ1) is 17.6. The second-order valence-electron chi connectivity index (χ2n) is 8.81. The number of hydrogen-bond donors (Lipinski definition) is 1. The number of carbonyl (C=O) groups is 1. The number of nitrogens with one attached hydrogen (secondary N) is 1. The molecule has 1 aliphatic rings. The molecule has 0 saturated carbocycles. The fraction of sp³-hybridized carbons (Fsp3) is 0.240. The summed E-state index contributed by atoms with van der Waals surface area (Å²) in [5.41, 5.74) is -0.858. The van der Waals surface area contributed by atoms with Crippen LogP contribution in [0.15, 0.2) is 72.6 Å². The number of anilines is 1. The molecule has 0 radical (unpaired) electrons. The highest BCUT2D eigenvalue weighted by atomic mass is 19.4. The summed E-state index contributed by atoms with van der Waals surface area (Å²) in [4.78, 5) is 21.5. The van der Waals surface area contributed by atoms with Crippen LogP contribution in [0.3, 0.4) is 0 Å². The van der Waals surface area contributed by atoms with Crippen molar-refractivity contribution in [3.63, 3.8) is 0 Å². The van der Waals surface area contributed by atoms with E-state index in [2.05, 4.69) is 20.0 Å². The summed E-state index contributed by atoms with van der Waals surface area (Å²) in [7, 11) is 0. The molecule has 13 heteroatoms. The Morgan fingerprint density at radius 2 is 1.66 bits per heavy atom. The standard InChI is InChI=1S/C25H19F7N4O2/c1-23(2,20-10-11-33-22(34-20)24(27,28)29)35-18-13-19(14-4-3-5-15(26)12-14)36(21(18)37)16-6-8-17(9-7-16)38-25(30,31)32/h3-13,19,35H,1-2H3. The Morgan fingerprint density at radius 3 is 2.26 bits per heavy atom. The fourth-order valence-corrected chi connectivity index (χ4v) is 3.92. The van der Waals surface area contributed by atoms with Gasteiger partial charge in [-0.05, 0) is 68.0 Å². The van der Waals surface area contributed by atoms with Crippen molar-refractivity contribution >= 4 is 11.6 Å². The molecule has 0 spiro atoms. The van der Waals surface area contributed by atoms with Crippen LogP contribution >= 0.6 is 0 Å². The highest BCUT2D eigenvalue weighted by Gasteiger charge is 2.40. The van der Waals surface area contributed by atoms with E-state index < -0.39 is 47.4 Å². The van der Waals surface area contributed by atoms with Gasteiger partial charge in [0, 0.05) is 11.9 Å². The molecule has 1 unspecified atom stereocenters. The van der Waals surface area contributed by atoms with Crippen LogP contribution in [0.5, 0.6) is 5.75 Å². The van der Waals surface area contributed by atoms with E-state index in [4.69, 9.17) is 0 Å². The summed E-state index contributed by atoms with van der Waals surface area (Å²) < 4.78 is 94.9. The molecule has 1 amide bonds. The summed E-state index contributed by atoms with van der Waals surface area (Å²) in [5.74, 6) is -3.09. The maximum absolute atomic E-state index is 14.0. The number of ether oxygens (including phenoxy) is 1. The second-order valence-corrected chi connectivity index (χ2v) is 8.81. The number of carbonyl (C=O) groups excluding carboxylic acids is 1. The molecule has 0 aliphatic carbocycles. The second kappa shape index (κ2) is 9.62. The quantitative estimate of drug-likeness (QED) is 0.387. The van der Waals surface area contributed by atoms with E-state index >= 15 is 0 Å². The molecule has 1 N–H and O–H groups in total. The first-order valence-corrected chi connectivity index (χ1v) is 11.0.